The molecule has 1 aromatic rings. The van der Waals surface area contributed by atoms with Crippen LogP contribution in [-0.4, -0.2) is 42.4 Å². The molecule has 1 atom stereocenters. The Hall–Kier alpha value is -1.56. The average Bonchev–Trinajstić information content (AvgIpc) is 2.42. The summed E-state index contributed by atoms with van der Waals surface area (Å²) in [7, 11) is 3.10. The number of rotatable bonds is 8. The third-order valence-corrected chi connectivity index (χ3v) is 2.57. The summed E-state index contributed by atoms with van der Waals surface area (Å²) in [6.45, 7) is 3.00. The van der Waals surface area contributed by atoms with Crippen molar-refractivity contribution in [2.75, 3.05) is 32.7 Å². The van der Waals surface area contributed by atoms with Crippen molar-refractivity contribution in [1.82, 2.24) is 9.97 Å². The fraction of sp³-hybridized carbons (Fsp3) is 0.667. The number of nitrogens with one attached hydrogen (secondary N) is 1. The van der Waals surface area contributed by atoms with Crippen molar-refractivity contribution in [2.24, 2.45) is 5.92 Å². The Kier molecular flexibility index (Phi) is 6.21. The maximum Gasteiger partial charge on any atom is 0.229 e. The molecule has 0 bridgehead atoms. The molecule has 1 heterocycles. The summed E-state index contributed by atoms with van der Waals surface area (Å²) in [6.07, 6.45) is 1.91. The lowest BCUT2D eigenvalue weighted by Gasteiger charge is -2.10. The van der Waals surface area contributed by atoms with Crippen LogP contribution in [0, 0.1) is 5.92 Å². The third kappa shape index (κ3) is 4.75. The van der Waals surface area contributed by atoms with Crippen LogP contribution in [0.3, 0.4) is 0 Å². The zero-order chi connectivity index (χ0) is 13.4. The molecule has 0 saturated heterocycles. The van der Waals surface area contributed by atoms with Crippen LogP contribution in [0.15, 0.2) is 6.07 Å². The highest BCUT2D eigenvalue weighted by molar-refractivity contribution is 5.33. The second-order valence-corrected chi connectivity index (χ2v) is 4.13. The average molecular weight is 255 g/mol. The molecule has 0 aromatic carbocycles. The second-order valence-electron chi connectivity index (χ2n) is 4.13. The molecule has 0 amide bonds. The van der Waals surface area contributed by atoms with Crippen LogP contribution < -0.4 is 14.8 Å². The maximum atomic E-state index is 8.91. The second kappa shape index (κ2) is 7.71. The Morgan fingerprint density at radius 3 is 2.39 bits per heavy atom. The van der Waals surface area contributed by atoms with E-state index < -0.39 is 0 Å². The van der Waals surface area contributed by atoms with Gasteiger partial charge in [0.25, 0.3) is 0 Å². The summed E-state index contributed by atoms with van der Waals surface area (Å²) < 4.78 is 10.1. The lowest BCUT2D eigenvalue weighted by Crippen LogP contribution is -2.09. The van der Waals surface area contributed by atoms with Crippen LogP contribution in [0.2, 0.25) is 0 Å². The highest BCUT2D eigenvalue weighted by Gasteiger charge is 2.05. The Balaban J connectivity index is 2.46. The van der Waals surface area contributed by atoms with Crippen molar-refractivity contribution in [1.29, 1.82) is 0 Å². The molecule has 0 radical (unpaired) electrons. The number of methoxy groups -OCH3 is 2. The van der Waals surface area contributed by atoms with Crippen molar-refractivity contribution in [3.8, 4) is 11.8 Å². The molecule has 0 aliphatic carbocycles. The summed E-state index contributed by atoms with van der Waals surface area (Å²) in [4.78, 5) is 8.33. The van der Waals surface area contributed by atoms with Gasteiger partial charge < -0.3 is 19.9 Å². The quantitative estimate of drug-likeness (QED) is 0.682. The summed E-state index contributed by atoms with van der Waals surface area (Å²) in [5.74, 6) is 1.75. The van der Waals surface area contributed by atoms with Crippen molar-refractivity contribution in [3.05, 3.63) is 6.07 Å². The Labute approximate surface area is 107 Å². The van der Waals surface area contributed by atoms with E-state index in [2.05, 4.69) is 15.3 Å². The minimum Gasteiger partial charge on any atom is -0.481 e. The SMILES string of the molecule is COc1cc(OC)nc(NCCCC(C)CO)n1. The molecule has 1 unspecified atom stereocenters. The highest BCUT2D eigenvalue weighted by atomic mass is 16.5. The van der Waals surface area contributed by atoms with Gasteiger partial charge >= 0.3 is 0 Å². The van der Waals surface area contributed by atoms with E-state index in [1.54, 1.807) is 20.3 Å². The molecule has 6 heteroatoms. The van der Waals surface area contributed by atoms with E-state index in [9.17, 15) is 0 Å². The van der Waals surface area contributed by atoms with Crippen molar-refractivity contribution in [3.63, 3.8) is 0 Å². The van der Waals surface area contributed by atoms with Gasteiger partial charge in [-0.1, -0.05) is 6.92 Å². The van der Waals surface area contributed by atoms with Gasteiger partial charge in [-0.25, -0.2) is 0 Å². The van der Waals surface area contributed by atoms with Crippen LogP contribution in [0.25, 0.3) is 0 Å². The third-order valence-electron chi connectivity index (χ3n) is 2.57. The van der Waals surface area contributed by atoms with Crippen LogP contribution >= 0.6 is 0 Å². The number of aliphatic hydroxyl groups excluding tert-OH is 1. The molecule has 6 nitrogen and oxygen atoms in total. The van der Waals surface area contributed by atoms with Crippen LogP contribution in [0.1, 0.15) is 19.8 Å². The van der Waals surface area contributed by atoms with Crippen LogP contribution in [-0.2, 0) is 0 Å². The van der Waals surface area contributed by atoms with Crippen LogP contribution in [0.5, 0.6) is 11.8 Å². The summed E-state index contributed by atoms with van der Waals surface area (Å²) in [5, 5.41) is 12.0. The van der Waals surface area contributed by atoms with E-state index >= 15 is 0 Å². The van der Waals surface area contributed by atoms with Gasteiger partial charge in [0.1, 0.15) is 0 Å². The first-order valence-corrected chi connectivity index (χ1v) is 6.01. The predicted octanol–water partition coefficient (Wildman–Crippen LogP) is 1.31. The molecule has 0 spiro atoms. The van der Waals surface area contributed by atoms with Gasteiger partial charge in [0.05, 0.1) is 20.3 Å². The van der Waals surface area contributed by atoms with E-state index in [4.69, 9.17) is 14.6 Å². The van der Waals surface area contributed by atoms with E-state index in [0.29, 0.717) is 23.6 Å². The Morgan fingerprint density at radius 1 is 1.28 bits per heavy atom. The number of nitrogens with zero attached hydrogens (tertiary/aromatic N) is 2. The van der Waals surface area contributed by atoms with Gasteiger partial charge in [0.15, 0.2) is 0 Å². The van der Waals surface area contributed by atoms with Gasteiger partial charge in [-0.3, -0.25) is 0 Å². The lowest BCUT2D eigenvalue weighted by atomic mass is 10.1. The fourth-order valence-electron chi connectivity index (χ4n) is 1.43. The van der Waals surface area contributed by atoms with Crippen molar-refractivity contribution < 1.29 is 14.6 Å². The van der Waals surface area contributed by atoms with Crippen LogP contribution in [0.4, 0.5) is 5.95 Å². The van der Waals surface area contributed by atoms with Gasteiger partial charge in [-0.05, 0) is 18.8 Å². The van der Waals surface area contributed by atoms with E-state index in [-0.39, 0.29) is 6.61 Å². The number of hydrogen-bond donors (Lipinski definition) is 2. The Morgan fingerprint density at radius 2 is 1.89 bits per heavy atom. The van der Waals surface area contributed by atoms with Gasteiger partial charge in [0.2, 0.25) is 17.7 Å². The zero-order valence-corrected chi connectivity index (χ0v) is 11.1. The smallest absolute Gasteiger partial charge is 0.229 e. The predicted molar refractivity (Wildman–Crippen MR) is 69.1 cm³/mol. The number of anilines is 1. The summed E-state index contributed by atoms with van der Waals surface area (Å²) in [5.41, 5.74) is 0. The lowest BCUT2D eigenvalue weighted by molar-refractivity contribution is 0.229. The largest absolute Gasteiger partial charge is 0.481 e. The molecule has 0 saturated carbocycles. The van der Waals surface area contributed by atoms with Crippen molar-refractivity contribution in [2.45, 2.75) is 19.8 Å². The van der Waals surface area contributed by atoms with Crippen molar-refractivity contribution >= 4 is 5.95 Å². The van der Waals surface area contributed by atoms with E-state index in [0.717, 1.165) is 19.4 Å². The molecular formula is C12H21N3O3. The topological polar surface area (TPSA) is 76.5 Å². The van der Waals surface area contributed by atoms with E-state index in [1.165, 1.54) is 0 Å². The molecule has 2 N–H and O–H groups in total. The standard InChI is InChI=1S/C12H21N3O3/c1-9(8-16)5-4-6-13-12-14-10(17-2)7-11(15-12)18-3/h7,9,16H,4-6,8H2,1-3H3,(H,13,14,15). The Bertz CT molecular complexity index is 338. The first-order valence-electron chi connectivity index (χ1n) is 6.01. The molecular weight excluding hydrogens is 234 g/mol. The summed E-state index contributed by atoms with van der Waals surface area (Å²) >= 11 is 0. The molecule has 0 fully saturated rings. The number of ether oxygens (including phenoxy) is 2. The molecule has 1 rings (SSSR count). The van der Waals surface area contributed by atoms with Gasteiger partial charge in [0, 0.05) is 13.2 Å². The normalized spacial score (nSPS) is 12.0. The molecule has 1 aromatic heterocycles. The minimum atomic E-state index is 0.226. The first-order chi connectivity index (χ1) is 8.69. The molecule has 18 heavy (non-hydrogen) atoms. The first kappa shape index (κ1) is 14.5. The maximum absolute atomic E-state index is 8.91. The zero-order valence-electron chi connectivity index (χ0n) is 11.1. The highest BCUT2D eigenvalue weighted by Crippen LogP contribution is 2.17. The molecule has 0 aliphatic heterocycles. The van der Waals surface area contributed by atoms with Gasteiger partial charge in [-0.2, -0.15) is 9.97 Å². The number of hydrogen-bond acceptors (Lipinski definition) is 6. The monoisotopic (exact) mass is 255 g/mol. The van der Waals surface area contributed by atoms with E-state index in [1.807, 2.05) is 6.92 Å². The molecule has 0 aliphatic rings. The molecule has 102 valence electrons. The van der Waals surface area contributed by atoms with Gasteiger partial charge in [-0.15, -0.1) is 0 Å². The fourth-order valence-corrected chi connectivity index (χ4v) is 1.43. The minimum absolute atomic E-state index is 0.226. The number of aliphatic hydroxyl groups is 1. The summed E-state index contributed by atoms with van der Waals surface area (Å²) in [6, 6.07) is 1.62. The number of aromatic nitrogens is 2.